The molecule has 0 saturated heterocycles. The topological polar surface area (TPSA) is 102 Å². The number of hydrogen-bond acceptors (Lipinski definition) is 4. The van der Waals surface area contributed by atoms with Crippen molar-refractivity contribution in [3.8, 4) is 11.8 Å². The van der Waals surface area contributed by atoms with E-state index in [1.54, 1.807) is 36.4 Å². The molecule has 0 aliphatic carbocycles. The molecule has 0 saturated carbocycles. The van der Waals surface area contributed by atoms with Gasteiger partial charge in [0.15, 0.2) is 0 Å². The largest absolute Gasteiger partial charge is 0.508 e. The monoisotopic (exact) mass is 295 g/mol. The zero-order chi connectivity index (χ0) is 15.9. The molecule has 3 N–H and O–H groups in total. The molecule has 0 atom stereocenters. The number of phenolic OH excluding ortho intramolecular Hbond substituents is 1. The smallest absolute Gasteiger partial charge is 0.314 e. The first-order valence-electron chi connectivity index (χ1n) is 6.46. The van der Waals surface area contributed by atoms with Crippen molar-refractivity contribution in [2.45, 2.75) is 6.42 Å². The fourth-order valence-corrected chi connectivity index (χ4v) is 1.83. The van der Waals surface area contributed by atoms with Crippen LogP contribution in [0.25, 0.3) is 0 Å². The highest BCUT2D eigenvalue weighted by molar-refractivity contribution is 6.43. The number of aromatic hydroxyl groups is 1. The molecule has 2 amide bonds. The predicted molar refractivity (Wildman–Crippen MR) is 81.1 cm³/mol. The van der Waals surface area contributed by atoms with Gasteiger partial charge in [0.25, 0.3) is 0 Å². The van der Waals surface area contributed by atoms with Gasteiger partial charge in [0.05, 0.1) is 12.5 Å². The van der Waals surface area contributed by atoms with E-state index in [0.29, 0.717) is 16.9 Å². The number of amides is 2. The third-order valence-corrected chi connectivity index (χ3v) is 2.85. The van der Waals surface area contributed by atoms with E-state index in [2.05, 4.69) is 10.6 Å². The zero-order valence-corrected chi connectivity index (χ0v) is 11.5. The summed E-state index contributed by atoms with van der Waals surface area (Å²) < 4.78 is 0. The molecule has 0 heterocycles. The average Bonchev–Trinajstić information content (AvgIpc) is 2.49. The van der Waals surface area contributed by atoms with Gasteiger partial charge in [0, 0.05) is 17.4 Å². The third-order valence-electron chi connectivity index (χ3n) is 2.85. The third kappa shape index (κ3) is 3.84. The summed E-state index contributed by atoms with van der Waals surface area (Å²) in [7, 11) is 0. The van der Waals surface area contributed by atoms with Crippen LogP contribution < -0.4 is 10.6 Å². The maximum absolute atomic E-state index is 11.9. The maximum atomic E-state index is 11.9. The van der Waals surface area contributed by atoms with E-state index < -0.39 is 11.8 Å². The number of nitriles is 1. The second-order valence-electron chi connectivity index (χ2n) is 4.45. The Morgan fingerprint density at radius 2 is 1.77 bits per heavy atom. The Kier molecular flexibility index (Phi) is 4.73. The molecular formula is C16H13N3O3. The van der Waals surface area contributed by atoms with Crippen LogP contribution in [-0.2, 0) is 16.0 Å². The van der Waals surface area contributed by atoms with Crippen LogP contribution in [0.15, 0.2) is 48.5 Å². The quantitative estimate of drug-likeness (QED) is 0.754. The normalized spacial score (nSPS) is 9.59. The Morgan fingerprint density at radius 1 is 1.05 bits per heavy atom. The van der Waals surface area contributed by atoms with Crippen LogP contribution in [0.2, 0.25) is 0 Å². The molecule has 22 heavy (non-hydrogen) atoms. The van der Waals surface area contributed by atoms with Crippen LogP contribution in [0.3, 0.4) is 0 Å². The Bertz CT molecular complexity index is 750. The first-order valence-corrected chi connectivity index (χ1v) is 6.46. The molecule has 0 fully saturated rings. The van der Waals surface area contributed by atoms with Gasteiger partial charge in [-0.1, -0.05) is 24.3 Å². The molecule has 0 aliphatic heterocycles. The standard InChI is InChI=1S/C16H13N3O3/c17-9-8-11-4-1-2-7-14(11)19-16(22)15(21)18-12-5-3-6-13(20)10-12/h1-7,10,20H,8H2,(H,18,21)(H,19,22). The van der Waals surface area contributed by atoms with Crippen molar-refractivity contribution in [3.05, 3.63) is 54.1 Å². The second kappa shape index (κ2) is 6.90. The van der Waals surface area contributed by atoms with Gasteiger partial charge < -0.3 is 15.7 Å². The second-order valence-corrected chi connectivity index (χ2v) is 4.45. The van der Waals surface area contributed by atoms with Crippen molar-refractivity contribution in [2.24, 2.45) is 0 Å². The Balaban J connectivity index is 2.06. The first-order chi connectivity index (χ1) is 10.6. The number of nitrogens with zero attached hydrogens (tertiary/aromatic N) is 1. The number of para-hydroxylation sites is 1. The summed E-state index contributed by atoms with van der Waals surface area (Å²) in [6.07, 6.45) is 0.130. The van der Waals surface area contributed by atoms with Crippen LogP contribution in [0, 0.1) is 11.3 Å². The molecule has 0 unspecified atom stereocenters. The SMILES string of the molecule is N#CCc1ccccc1NC(=O)C(=O)Nc1cccc(O)c1. The van der Waals surface area contributed by atoms with E-state index in [1.165, 1.54) is 12.1 Å². The molecule has 0 aromatic heterocycles. The zero-order valence-electron chi connectivity index (χ0n) is 11.5. The van der Waals surface area contributed by atoms with Crippen LogP contribution in [0.4, 0.5) is 11.4 Å². The summed E-state index contributed by atoms with van der Waals surface area (Å²) in [5.74, 6) is -1.73. The lowest BCUT2D eigenvalue weighted by Crippen LogP contribution is -2.29. The summed E-state index contributed by atoms with van der Waals surface area (Å²) in [5, 5.41) is 22.9. The predicted octanol–water partition coefficient (Wildman–Crippen LogP) is 2.04. The molecule has 0 bridgehead atoms. The van der Waals surface area contributed by atoms with Gasteiger partial charge in [0.2, 0.25) is 0 Å². The molecule has 0 aliphatic rings. The Morgan fingerprint density at radius 3 is 2.50 bits per heavy atom. The summed E-state index contributed by atoms with van der Waals surface area (Å²) in [6.45, 7) is 0. The Hall–Kier alpha value is -3.33. The molecule has 2 aromatic rings. The molecule has 6 nitrogen and oxygen atoms in total. The minimum Gasteiger partial charge on any atom is -0.508 e. The lowest BCUT2D eigenvalue weighted by Gasteiger charge is -2.09. The van der Waals surface area contributed by atoms with Crippen molar-refractivity contribution in [2.75, 3.05) is 10.6 Å². The molecule has 110 valence electrons. The lowest BCUT2D eigenvalue weighted by molar-refractivity contribution is -0.133. The number of benzene rings is 2. The number of anilines is 2. The fourth-order valence-electron chi connectivity index (χ4n) is 1.83. The van der Waals surface area contributed by atoms with Crippen molar-refractivity contribution in [1.29, 1.82) is 5.26 Å². The highest BCUT2D eigenvalue weighted by Gasteiger charge is 2.15. The van der Waals surface area contributed by atoms with Crippen LogP contribution in [0.1, 0.15) is 5.56 Å². The van der Waals surface area contributed by atoms with Gasteiger partial charge in [-0.25, -0.2) is 0 Å². The van der Waals surface area contributed by atoms with Gasteiger partial charge in [0.1, 0.15) is 5.75 Å². The summed E-state index contributed by atoms with van der Waals surface area (Å²) in [4.78, 5) is 23.7. The number of carbonyl (C=O) groups excluding carboxylic acids is 2. The molecule has 6 heteroatoms. The number of nitrogens with one attached hydrogen (secondary N) is 2. The van der Waals surface area contributed by atoms with Gasteiger partial charge in [-0.15, -0.1) is 0 Å². The van der Waals surface area contributed by atoms with E-state index in [9.17, 15) is 14.7 Å². The summed E-state index contributed by atoms with van der Waals surface area (Å²) in [6, 6.07) is 14.6. The summed E-state index contributed by atoms with van der Waals surface area (Å²) in [5.41, 5.74) is 1.36. The molecular weight excluding hydrogens is 282 g/mol. The lowest BCUT2D eigenvalue weighted by atomic mass is 10.1. The van der Waals surface area contributed by atoms with E-state index in [1.807, 2.05) is 6.07 Å². The van der Waals surface area contributed by atoms with Crippen LogP contribution in [0.5, 0.6) is 5.75 Å². The van der Waals surface area contributed by atoms with E-state index in [0.717, 1.165) is 0 Å². The maximum Gasteiger partial charge on any atom is 0.314 e. The summed E-state index contributed by atoms with van der Waals surface area (Å²) >= 11 is 0. The van der Waals surface area contributed by atoms with Crippen molar-refractivity contribution in [3.63, 3.8) is 0 Å². The minimum atomic E-state index is -0.864. The molecule has 2 aromatic carbocycles. The number of carbonyl (C=O) groups is 2. The highest BCUT2D eigenvalue weighted by Crippen LogP contribution is 2.17. The fraction of sp³-hybridized carbons (Fsp3) is 0.0625. The van der Waals surface area contributed by atoms with E-state index in [-0.39, 0.29) is 12.2 Å². The number of phenols is 1. The molecule has 0 radical (unpaired) electrons. The average molecular weight is 295 g/mol. The van der Waals surface area contributed by atoms with Gasteiger partial charge in [-0.3, -0.25) is 9.59 Å². The van der Waals surface area contributed by atoms with Crippen LogP contribution >= 0.6 is 0 Å². The number of rotatable bonds is 3. The minimum absolute atomic E-state index is 0.0161. The van der Waals surface area contributed by atoms with Crippen molar-refractivity contribution >= 4 is 23.2 Å². The molecule has 0 spiro atoms. The van der Waals surface area contributed by atoms with Crippen LogP contribution in [-0.4, -0.2) is 16.9 Å². The van der Waals surface area contributed by atoms with Gasteiger partial charge in [-0.05, 0) is 23.8 Å². The highest BCUT2D eigenvalue weighted by atomic mass is 16.3. The number of hydrogen-bond donors (Lipinski definition) is 3. The first kappa shape index (κ1) is 15.1. The van der Waals surface area contributed by atoms with E-state index in [4.69, 9.17) is 5.26 Å². The molecule has 2 rings (SSSR count). The van der Waals surface area contributed by atoms with E-state index >= 15 is 0 Å². The van der Waals surface area contributed by atoms with Crippen molar-refractivity contribution < 1.29 is 14.7 Å². The van der Waals surface area contributed by atoms with Gasteiger partial charge in [-0.2, -0.15) is 5.26 Å². The van der Waals surface area contributed by atoms with Crippen molar-refractivity contribution in [1.82, 2.24) is 0 Å². The van der Waals surface area contributed by atoms with Gasteiger partial charge >= 0.3 is 11.8 Å². The Labute approximate surface area is 127 Å².